The Kier molecular flexibility index (Phi) is 5.69. The van der Waals surface area contributed by atoms with E-state index in [4.69, 9.17) is 0 Å². The Hall–Kier alpha value is -2.68. The minimum atomic E-state index is 0.230. The SMILES string of the molecule is Cc1ccc(Cn2cc(C#N)c(N=NN(C(C)C)C(C)C)n2)cc1. The summed E-state index contributed by atoms with van der Waals surface area (Å²) in [5.41, 5.74) is 2.77. The lowest BCUT2D eigenvalue weighted by Gasteiger charge is -2.25. The molecule has 6 heteroatoms. The molecule has 2 aromatic rings. The number of nitrogens with zero attached hydrogens (tertiary/aromatic N) is 6. The van der Waals surface area contributed by atoms with Crippen LogP contribution >= 0.6 is 0 Å². The highest BCUT2D eigenvalue weighted by Crippen LogP contribution is 2.19. The summed E-state index contributed by atoms with van der Waals surface area (Å²) in [4.78, 5) is 0. The van der Waals surface area contributed by atoms with E-state index in [1.807, 2.05) is 5.01 Å². The maximum atomic E-state index is 9.30. The molecular weight excluding hydrogens is 300 g/mol. The van der Waals surface area contributed by atoms with Crippen LogP contribution in [-0.4, -0.2) is 26.9 Å². The third kappa shape index (κ3) is 4.42. The van der Waals surface area contributed by atoms with Gasteiger partial charge in [-0.25, -0.2) is 0 Å². The highest BCUT2D eigenvalue weighted by atomic mass is 15.6. The Morgan fingerprint density at radius 1 is 1.17 bits per heavy atom. The van der Waals surface area contributed by atoms with Crippen molar-refractivity contribution in [3.8, 4) is 6.07 Å². The normalized spacial score (nSPS) is 11.4. The summed E-state index contributed by atoms with van der Waals surface area (Å²) >= 11 is 0. The van der Waals surface area contributed by atoms with E-state index in [-0.39, 0.29) is 12.1 Å². The lowest BCUT2D eigenvalue weighted by Crippen LogP contribution is -2.31. The molecule has 0 atom stereocenters. The van der Waals surface area contributed by atoms with Crippen molar-refractivity contribution >= 4 is 5.82 Å². The van der Waals surface area contributed by atoms with Crippen LogP contribution in [0.2, 0.25) is 0 Å². The molecule has 0 bridgehead atoms. The van der Waals surface area contributed by atoms with Crippen LogP contribution in [0.5, 0.6) is 0 Å². The first-order valence-electron chi connectivity index (χ1n) is 8.13. The van der Waals surface area contributed by atoms with Crippen LogP contribution in [0.3, 0.4) is 0 Å². The molecule has 126 valence electrons. The Labute approximate surface area is 143 Å². The van der Waals surface area contributed by atoms with Gasteiger partial charge < -0.3 is 0 Å². The van der Waals surface area contributed by atoms with Gasteiger partial charge in [0.2, 0.25) is 5.82 Å². The summed E-state index contributed by atoms with van der Waals surface area (Å²) in [6, 6.07) is 10.8. The van der Waals surface area contributed by atoms with E-state index in [0.717, 1.165) is 5.56 Å². The molecule has 0 fully saturated rings. The van der Waals surface area contributed by atoms with Crippen LogP contribution in [0.1, 0.15) is 44.4 Å². The van der Waals surface area contributed by atoms with E-state index in [0.29, 0.717) is 17.9 Å². The average molecular weight is 324 g/mol. The van der Waals surface area contributed by atoms with Gasteiger partial charge in [-0.1, -0.05) is 35.1 Å². The first-order chi connectivity index (χ1) is 11.4. The van der Waals surface area contributed by atoms with Crippen molar-refractivity contribution in [1.82, 2.24) is 14.8 Å². The Morgan fingerprint density at radius 3 is 2.33 bits per heavy atom. The number of rotatable bonds is 6. The number of hydrogen-bond donors (Lipinski definition) is 0. The van der Waals surface area contributed by atoms with Gasteiger partial charge in [-0.15, -0.1) is 10.2 Å². The molecule has 0 saturated heterocycles. The molecule has 0 unspecified atom stereocenters. The van der Waals surface area contributed by atoms with Crippen LogP contribution in [0.4, 0.5) is 5.82 Å². The molecule has 0 radical (unpaired) electrons. The Morgan fingerprint density at radius 2 is 1.79 bits per heavy atom. The molecule has 1 aromatic heterocycles. The zero-order valence-corrected chi connectivity index (χ0v) is 14.9. The third-order valence-electron chi connectivity index (χ3n) is 3.63. The summed E-state index contributed by atoms with van der Waals surface area (Å²) in [5.74, 6) is 0.357. The molecular formula is C18H24N6. The van der Waals surface area contributed by atoms with E-state index in [2.05, 4.69) is 80.4 Å². The van der Waals surface area contributed by atoms with Gasteiger partial charge in [-0.05, 0) is 40.2 Å². The molecule has 0 aliphatic heterocycles. The maximum absolute atomic E-state index is 9.30. The van der Waals surface area contributed by atoms with Crippen LogP contribution in [0, 0.1) is 18.3 Å². The van der Waals surface area contributed by atoms with Crippen molar-refractivity contribution in [2.24, 2.45) is 10.3 Å². The van der Waals surface area contributed by atoms with Gasteiger partial charge in [0.25, 0.3) is 0 Å². The van der Waals surface area contributed by atoms with Crippen LogP contribution in [-0.2, 0) is 6.54 Å². The lowest BCUT2D eigenvalue weighted by molar-refractivity contribution is 0.169. The standard InChI is InChI=1S/C18H24N6/c1-13(2)24(14(3)4)22-20-18-17(10-19)12-23(21-18)11-16-8-6-15(5)7-9-16/h6-9,12-14H,11H2,1-5H3. The molecule has 0 aliphatic rings. The second kappa shape index (κ2) is 7.73. The van der Waals surface area contributed by atoms with Gasteiger partial charge in [0, 0.05) is 18.3 Å². The second-order valence-corrected chi connectivity index (χ2v) is 6.42. The van der Waals surface area contributed by atoms with Crippen molar-refractivity contribution in [2.75, 3.05) is 0 Å². The third-order valence-corrected chi connectivity index (χ3v) is 3.63. The van der Waals surface area contributed by atoms with E-state index in [1.54, 1.807) is 10.9 Å². The average Bonchev–Trinajstić information content (AvgIpc) is 2.91. The number of hydrogen-bond acceptors (Lipinski definition) is 4. The van der Waals surface area contributed by atoms with Gasteiger partial charge in [0.15, 0.2) is 0 Å². The largest absolute Gasteiger partial charge is 0.273 e. The fourth-order valence-corrected chi connectivity index (χ4v) is 2.42. The zero-order valence-electron chi connectivity index (χ0n) is 14.9. The predicted molar refractivity (Wildman–Crippen MR) is 93.9 cm³/mol. The maximum Gasteiger partial charge on any atom is 0.215 e. The number of benzene rings is 1. The molecule has 0 N–H and O–H groups in total. The van der Waals surface area contributed by atoms with Gasteiger partial charge >= 0.3 is 0 Å². The molecule has 0 spiro atoms. The fraction of sp³-hybridized carbons (Fsp3) is 0.444. The minimum Gasteiger partial charge on any atom is -0.273 e. The van der Waals surface area contributed by atoms with Crippen molar-refractivity contribution in [3.63, 3.8) is 0 Å². The van der Waals surface area contributed by atoms with Gasteiger partial charge in [0.05, 0.1) is 6.54 Å². The number of aromatic nitrogens is 2. The van der Waals surface area contributed by atoms with Crippen molar-refractivity contribution in [1.29, 1.82) is 5.26 Å². The van der Waals surface area contributed by atoms with Crippen LogP contribution in [0.25, 0.3) is 0 Å². The van der Waals surface area contributed by atoms with Crippen LogP contribution in [0.15, 0.2) is 40.8 Å². The highest BCUT2D eigenvalue weighted by molar-refractivity contribution is 5.45. The monoisotopic (exact) mass is 324 g/mol. The van der Waals surface area contributed by atoms with Gasteiger partial charge in [-0.2, -0.15) is 5.26 Å². The molecule has 0 aliphatic carbocycles. The van der Waals surface area contributed by atoms with Gasteiger partial charge in [0.1, 0.15) is 11.6 Å². The van der Waals surface area contributed by atoms with Crippen LogP contribution < -0.4 is 0 Å². The smallest absolute Gasteiger partial charge is 0.215 e. The zero-order chi connectivity index (χ0) is 17.7. The quantitative estimate of drug-likeness (QED) is 0.590. The second-order valence-electron chi connectivity index (χ2n) is 6.42. The molecule has 0 saturated carbocycles. The molecule has 0 amide bonds. The molecule has 1 heterocycles. The van der Waals surface area contributed by atoms with E-state index in [1.165, 1.54) is 5.56 Å². The Balaban J connectivity index is 2.21. The van der Waals surface area contributed by atoms with Crippen molar-refractivity contribution < 1.29 is 0 Å². The Bertz CT molecular complexity index is 726. The predicted octanol–water partition coefficient (Wildman–Crippen LogP) is 4.23. The lowest BCUT2D eigenvalue weighted by atomic mass is 10.1. The summed E-state index contributed by atoms with van der Waals surface area (Å²) in [7, 11) is 0. The number of aryl methyl sites for hydroxylation is 1. The molecule has 1 aromatic carbocycles. The fourth-order valence-electron chi connectivity index (χ4n) is 2.42. The summed E-state index contributed by atoms with van der Waals surface area (Å²) in [6.07, 6.45) is 1.71. The van der Waals surface area contributed by atoms with Crippen molar-refractivity contribution in [3.05, 3.63) is 47.2 Å². The molecule has 2 rings (SSSR count). The summed E-state index contributed by atoms with van der Waals surface area (Å²) in [5, 5.41) is 24.0. The van der Waals surface area contributed by atoms with E-state index in [9.17, 15) is 5.26 Å². The van der Waals surface area contributed by atoms with E-state index >= 15 is 0 Å². The minimum absolute atomic E-state index is 0.230. The molecule has 24 heavy (non-hydrogen) atoms. The molecule has 6 nitrogen and oxygen atoms in total. The van der Waals surface area contributed by atoms with E-state index < -0.39 is 0 Å². The van der Waals surface area contributed by atoms with Crippen molar-refractivity contribution in [2.45, 2.75) is 53.2 Å². The van der Waals surface area contributed by atoms with Gasteiger partial charge in [-0.3, -0.25) is 9.69 Å². The summed E-state index contributed by atoms with van der Waals surface area (Å²) < 4.78 is 1.73. The first-order valence-corrected chi connectivity index (χ1v) is 8.13. The summed E-state index contributed by atoms with van der Waals surface area (Å²) in [6.45, 7) is 10.9. The first kappa shape index (κ1) is 17.7. The topological polar surface area (TPSA) is 69.6 Å². The number of nitriles is 1. The highest BCUT2D eigenvalue weighted by Gasteiger charge is 2.13.